The van der Waals surface area contributed by atoms with Crippen LogP contribution in [0.1, 0.15) is 46.0 Å². The maximum atomic E-state index is 4.30. The molecular formula is C11H20N2. The summed E-state index contributed by atoms with van der Waals surface area (Å²) < 4.78 is 0. The third kappa shape index (κ3) is 2.87. The van der Waals surface area contributed by atoms with E-state index in [0.29, 0.717) is 5.92 Å². The fraction of sp³-hybridized carbons (Fsp3) is 0.727. The number of hydrogen-bond donors (Lipinski definition) is 1. The Hall–Kier alpha value is -0.790. The normalized spacial score (nSPS) is 12.5. The van der Waals surface area contributed by atoms with Crippen molar-refractivity contribution in [3.63, 3.8) is 0 Å². The molecule has 0 atom stereocenters. The smallest absolute Gasteiger partial charge is 0.0627 e. The summed E-state index contributed by atoms with van der Waals surface area (Å²) in [5.74, 6) is 0.677. The van der Waals surface area contributed by atoms with Crippen LogP contribution in [0.25, 0.3) is 0 Å². The van der Waals surface area contributed by atoms with Crippen LogP contribution in [-0.2, 0) is 11.8 Å². The Labute approximate surface area is 80.7 Å². The van der Waals surface area contributed by atoms with Gasteiger partial charge in [-0.2, -0.15) is 5.10 Å². The number of nitrogens with one attached hydrogen (secondary N) is 1. The first-order valence-corrected chi connectivity index (χ1v) is 4.94. The molecule has 0 aliphatic rings. The zero-order chi connectivity index (χ0) is 10.1. The van der Waals surface area contributed by atoms with Gasteiger partial charge >= 0.3 is 0 Å². The largest absolute Gasteiger partial charge is 0.282 e. The molecule has 1 aromatic heterocycles. The van der Waals surface area contributed by atoms with Crippen molar-refractivity contribution in [1.29, 1.82) is 0 Å². The van der Waals surface area contributed by atoms with E-state index in [1.54, 1.807) is 0 Å². The minimum atomic E-state index is 0.183. The lowest BCUT2D eigenvalue weighted by Crippen LogP contribution is -2.11. The number of rotatable bonds is 2. The lowest BCUT2D eigenvalue weighted by atomic mass is 9.92. The third-order valence-corrected chi connectivity index (χ3v) is 2.06. The lowest BCUT2D eigenvalue weighted by Gasteiger charge is -2.14. The Balaban J connectivity index is 2.75. The maximum Gasteiger partial charge on any atom is 0.0627 e. The van der Waals surface area contributed by atoms with E-state index >= 15 is 0 Å². The summed E-state index contributed by atoms with van der Waals surface area (Å²) in [6.45, 7) is 11.0. The minimum Gasteiger partial charge on any atom is -0.282 e. The molecule has 74 valence electrons. The quantitative estimate of drug-likeness (QED) is 0.744. The molecule has 0 saturated heterocycles. The topological polar surface area (TPSA) is 28.7 Å². The molecule has 0 unspecified atom stereocenters. The highest BCUT2D eigenvalue weighted by atomic mass is 15.1. The van der Waals surface area contributed by atoms with Gasteiger partial charge in [-0.15, -0.1) is 0 Å². The number of hydrogen-bond acceptors (Lipinski definition) is 1. The molecule has 0 aliphatic carbocycles. The van der Waals surface area contributed by atoms with Crippen molar-refractivity contribution in [1.82, 2.24) is 10.2 Å². The second kappa shape index (κ2) is 3.52. The zero-order valence-corrected chi connectivity index (χ0v) is 9.31. The summed E-state index contributed by atoms with van der Waals surface area (Å²) in [6, 6.07) is 2.18. The van der Waals surface area contributed by atoms with E-state index in [9.17, 15) is 0 Å². The van der Waals surface area contributed by atoms with Crippen LogP contribution in [0.4, 0.5) is 0 Å². The van der Waals surface area contributed by atoms with Gasteiger partial charge in [-0.3, -0.25) is 5.10 Å². The maximum absolute atomic E-state index is 4.30. The van der Waals surface area contributed by atoms with E-state index in [2.05, 4.69) is 50.9 Å². The van der Waals surface area contributed by atoms with Gasteiger partial charge in [-0.25, -0.2) is 0 Å². The standard InChI is InChI=1S/C11H20N2/c1-8(2)6-9-7-10(13-12-9)11(3,4)5/h7-8H,6H2,1-5H3,(H,12,13). The van der Waals surface area contributed by atoms with Crippen LogP contribution in [0.2, 0.25) is 0 Å². The Morgan fingerprint density at radius 2 is 2.00 bits per heavy atom. The Morgan fingerprint density at radius 1 is 1.38 bits per heavy atom. The molecule has 1 heterocycles. The molecule has 0 saturated carbocycles. The van der Waals surface area contributed by atoms with Crippen LogP contribution >= 0.6 is 0 Å². The van der Waals surface area contributed by atoms with E-state index in [4.69, 9.17) is 0 Å². The molecule has 0 aliphatic heterocycles. The molecule has 0 spiro atoms. The van der Waals surface area contributed by atoms with Gasteiger partial charge in [0.05, 0.1) is 5.69 Å². The van der Waals surface area contributed by atoms with Gasteiger partial charge in [0.15, 0.2) is 0 Å². The molecule has 0 fully saturated rings. The number of H-pyrrole nitrogens is 1. The van der Waals surface area contributed by atoms with Crippen LogP contribution in [0.5, 0.6) is 0 Å². The lowest BCUT2D eigenvalue weighted by molar-refractivity contribution is 0.567. The average molecular weight is 180 g/mol. The van der Waals surface area contributed by atoms with Crippen molar-refractivity contribution in [2.45, 2.75) is 46.5 Å². The monoisotopic (exact) mass is 180 g/mol. The van der Waals surface area contributed by atoms with E-state index in [0.717, 1.165) is 6.42 Å². The van der Waals surface area contributed by atoms with Crippen molar-refractivity contribution in [2.75, 3.05) is 0 Å². The minimum absolute atomic E-state index is 0.183. The summed E-state index contributed by atoms with van der Waals surface area (Å²) in [4.78, 5) is 0. The van der Waals surface area contributed by atoms with Crippen molar-refractivity contribution in [3.05, 3.63) is 17.5 Å². The second-order valence-corrected chi connectivity index (χ2v) is 5.12. The highest BCUT2D eigenvalue weighted by Crippen LogP contribution is 2.20. The molecule has 0 amide bonds. The molecule has 1 aromatic rings. The van der Waals surface area contributed by atoms with Crippen LogP contribution in [-0.4, -0.2) is 10.2 Å². The van der Waals surface area contributed by atoms with E-state index in [1.807, 2.05) is 0 Å². The van der Waals surface area contributed by atoms with E-state index in [-0.39, 0.29) is 5.41 Å². The van der Waals surface area contributed by atoms with Gasteiger partial charge in [0.25, 0.3) is 0 Å². The van der Waals surface area contributed by atoms with Gasteiger partial charge < -0.3 is 0 Å². The SMILES string of the molecule is CC(C)Cc1cc(C(C)(C)C)[nH]n1. The van der Waals surface area contributed by atoms with Crippen LogP contribution in [0.3, 0.4) is 0 Å². The van der Waals surface area contributed by atoms with Crippen molar-refractivity contribution in [3.8, 4) is 0 Å². The van der Waals surface area contributed by atoms with Gasteiger partial charge in [0.1, 0.15) is 0 Å². The summed E-state index contributed by atoms with van der Waals surface area (Å²) in [5.41, 5.74) is 2.59. The second-order valence-electron chi connectivity index (χ2n) is 5.12. The molecule has 0 aromatic carbocycles. The van der Waals surface area contributed by atoms with Gasteiger partial charge in [0, 0.05) is 11.1 Å². The van der Waals surface area contributed by atoms with Crippen LogP contribution in [0.15, 0.2) is 6.07 Å². The molecule has 0 bridgehead atoms. The Morgan fingerprint density at radius 3 is 2.38 bits per heavy atom. The molecule has 1 rings (SSSR count). The molecule has 1 N–H and O–H groups in total. The number of nitrogens with zero attached hydrogens (tertiary/aromatic N) is 1. The molecule has 13 heavy (non-hydrogen) atoms. The van der Waals surface area contributed by atoms with Crippen LogP contribution < -0.4 is 0 Å². The third-order valence-electron chi connectivity index (χ3n) is 2.06. The fourth-order valence-electron chi connectivity index (χ4n) is 1.27. The van der Waals surface area contributed by atoms with Crippen molar-refractivity contribution in [2.24, 2.45) is 5.92 Å². The Kier molecular flexibility index (Phi) is 2.79. The van der Waals surface area contributed by atoms with Gasteiger partial charge in [-0.1, -0.05) is 34.6 Å². The number of aromatic amines is 1. The van der Waals surface area contributed by atoms with Crippen molar-refractivity contribution < 1.29 is 0 Å². The van der Waals surface area contributed by atoms with Gasteiger partial charge in [0.2, 0.25) is 0 Å². The van der Waals surface area contributed by atoms with E-state index in [1.165, 1.54) is 11.4 Å². The molecule has 2 nitrogen and oxygen atoms in total. The molecule has 0 radical (unpaired) electrons. The fourth-order valence-corrected chi connectivity index (χ4v) is 1.27. The first kappa shape index (κ1) is 10.3. The zero-order valence-electron chi connectivity index (χ0n) is 9.31. The number of aromatic nitrogens is 2. The summed E-state index contributed by atoms with van der Waals surface area (Å²) in [5, 5.41) is 7.40. The van der Waals surface area contributed by atoms with Gasteiger partial charge in [-0.05, 0) is 18.4 Å². The molecular weight excluding hydrogens is 160 g/mol. The molecule has 2 heteroatoms. The van der Waals surface area contributed by atoms with Crippen molar-refractivity contribution >= 4 is 0 Å². The summed E-state index contributed by atoms with van der Waals surface area (Å²) in [7, 11) is 0. The predicted octanol–water partition coefficient (Wildman–Crippen LogP) is 2.91. The Bertz CT molecular complexity index is 266. The summed E-state index contributed by atoms with van der Waals surface area (Å²) >= 11 is 0. The predicted molar refractivity (Wildman–Crippen MR) is 55.8 cm³/mol. The highest BCUT2D eigenvalue weighted by molar-refractivity contribution is 5.16. The van der Waals surface area contributed by atoms with E-state index < -0.39 is 0 Å². The first-order chi connectivity index (χ1) is 5.89. The average Bonchev–Trinajstić information content (AvgIpc) is 2.32. The highest BCUT2D eigenvalue weighted by Gasteiger charge is 2.16. The summed E-state index contributed by atoms with van der Waals surface area (Å²) in [6.07, 6.45) is 1.06. The first-order valence-electron chi connectivity index (χ1n) is 4.94. The van der Waals surface area contributed by atoms with Crippen LogP contribution in [0, 0.1) is 5.92 Å².